The molecule has 0 saturated heterocycles. The molecule has 1 fully saturated rings. The number of esters is 1. The van der Waals surface area contributed by atoms with Crippen molar-refractivity contribution in [3.8, 4) is 0 Å². The number of benzene rings is 1. The van der Waals surface area contributed by atoms with E-state index in [9.17, 15) is 13.8 Å². The van der Waals surface area contributed by atoms with Crippen molar-refractivity contribution in [2.24, 2.45) is 0 Å². The van der Waals surface area contributed by atoms with Crippen LogP contribution in [0.25, 0.3) is 0 Å². The summed E-state index contributed by atoms with van der Waals surface area (Å²) in [4.78, 5) is 23.2. The largest absolute Gasteiger partial charge is 0.478 e. The summed E-state index contributed by atoms with van der Waals surface area (Å²) in [6.45, 7) is 1.83. The van der Waals surface area contributed by atoms with Crippen LogP contribution < -0.4 is 0 Å². The first kappa shape index (κ1) is 18.6. The zero-order valence-electron chi connectivity index (χ0n) is 13.9. The summed E-state index contributed by atoms with van der Waals surface area (Å²) in [7, 11) is -1.38. The molecule has 1 aromatic carbocycles. The van der Waals surface area contributed by atoms with Crippen LogP contribution in [0.2, 0.25) is 0 Å². The molecule has 1 saturated carbocycles. The fourth-order valence-corrected chi connectivity index (χ4v) is 4.26. The van der Waals surface area contributed by atoms with Crippen LogP contribution in [0.3, 0.4) is 0 Å². The van der Waals surface area contributed by atoms with E-state index >= 15 is 0 Å². The first-order chi connectivity index (χ1) is 11.5. The summed E-state index contributed by atoms with van der Waals surface area (Å²) in [6, 6.07) is 6.24. The normalized spacial score (nSPS) is 17.9. The Morgan fingerprint density at radius 1 is 1.21 bits per heavy atom. The highest BCUT2D eigenvalue weighted by atomic mass is 32.2. The molecule has 132 valence electrons. The molecule has 0 amide bonds. The maximum absolute atomic E-state index is 12.5. The highest BCUT2D eigenvalue weighted by Crippen LogP contribution is 2.22. The minimum atomic E-state index is -1.38. The molecule has 24 heavy (non-hydrogen) atoms. The Bertz CT molecular complexity index is 590. The third-order valence-electron chi connectivity index (χ3n) is 4.30. The number of carboxylic acid groups (broad SMARTS) is 1. The Kier molecular flexibility index (Phi) is 6.97. The lowest BCUT2D eigenvalue weighted by Crippen LogP contribution is -2.32. The van der Waals surface area contributed by atoms with Gasteiger partial charge in [-0.25, -0.2) is 4.79 Å². The molecule has 5 nitrogen and oxygen atoms in total. The number of carbonyl (C=O) groups is 2. The Morgan fingerprint density at radius 3 is 2.38 bits per heavy atom. The van der Waals surface area contributed by atoms with Crippen LogP contribution in [0.4, 0.5) is 0 Å². The van der Waals surface area contributed by atoms with Gasteiger partial charge in [0.1, 0.15) is 11.4 Å². The van der Waals surface area contributed by atoms with Crippen molar-refractivity contribution in [3.63, 3.8) is 0 Å². The summed E-state index contributed by atoms with van der Waals surface area (Å²) in [5, 5.41) is 8.26. The fourth-order valence-electron chi connectivity index (χ4n) is 2.89. The van der Waals surface area contributed by atoms with Crippen molar-refractivity contribution >= 4 is 22.7 Å². The zero-order valence-corrected chi connectivity index (χ0v) is 14.7. The van der Waals surface area contributed by atoms with E-state index in [4.69, 9.17) is 9.84 Å². The molecular formula is C18H24O5S. The molecule has 0 heterocycles. The van der Waals surface area contributed by atoms with E-state index in [0.29, 0.717) is 6.42 Å². The van der Waals surface area contributed by atoms with Crippen molar-refractivity contribution in [1.29, 1.82) is 0 Å². The molecule has 2 rings (SSSR count). The second kappa shape index (κ2) is 8.97. The van der Waals surface area contributed by atoms with E-state index in [1.54, 1.807) is 12.1 Å². The van der Waals surface area contributed by atoms with Gasteiger partial charge >= 0.3 is 11.9 Å². The van der Waals surface area contributed by atoms with Crippen LogP contribution in [0, 0.1) is 0 Å². The number of hydrogen-bond donors (Lipinski definition) is 1. The van der Waals surface area contributed by atoms with Gasteiger partial charge in [-0.3, -0.25) is 9.00 Å². The van der Waals surface area contributed by atoms with Gasteiger partial charge in [-0.1, -0.05) is 25.5 Å². The third-order valence-corrected chi connectivity index (χ3v) is 6.07. The van der Waals surface area contributed by atoms with Gasteiger partial charge < -0.3 is 9.84 Å². The lowest BCUT2D eigenvalue weighted by molar-refractivity contribution is -0.149. The van der Waals surface area contributed by atoms with Gasteiger partial charge in [0.05, 0.1) is 5.56 Å². The summed E-state index contributed by atoms with van der Waals surface area (Å²) < 4.78 is 18.1. The molecule has 2 unspecified atom stereocenters. The highest BCUT2D eigenvalue weighted by Gasteiger charge is 2.28. The molecule has 1 aliphatic rings. The molecule has 6 heteroatoms. The number of ether oxygens (including phenoxy) is 1. The standard InChI is InChI=1S/C18H24O5S/c1-2-16(18(21)23-15-6-4-3-5-7-15)24(22)12-13-8-10-14(11-9-13)17(19)20/h8-11,15-16H,2-7,12H2,1H3,(H,19,20). The fraction of sp³-hybridized carbons (Fsp3) is 0.556. The van der Waals surface area contributed by atoms with Crippen LogP contribution in [0.15, 0.2) is 24.3 Å². The predicted molar refractivity (Wildman–Crippen MR) is 92.3 cm³/mol. The van der Waals surface area contributed by atoms with E-state index in [1.165, 1.54) is 18.6 Å². The smallest absolute Gasteiger partial charge is 0.335 e. The van der Waals surface area contributed by atoms with Crippen molar-refractivity contribution in [2.75, 3.05) is 0 Å². The van der Waals surface area contributed by atoms with Gasteiger partial charge in [0.25, 0.3) is 0 Å². The van der Waals surface area contributed by atoms with Gasteiger partial charge in [0, 0.05) is 16.6 Å². The van der Waals surface area contributed by atoms with Crippen LogP contribution in [-0.2, 0) is 26.1 Å². The lowest BCUT2D eigenvalue weighted by atomic mass is 9.98. The van der Waals surface area contributed by atoms with Crippen LogP contribution in [0.1, 0.15) is 61.4 Å². The summed E-state index contributed by atoms with van der Waals surface area (Å²) in [5.41, 5.74) is 0.940. The van der Waals surface area contributed by atoms with Gasteiger partial charge in [-0.15, -0.1) is 0 Å². The number of carboxylic acids is 1. The van der Waals surface area contributed by atoms with Crippen LogP contribution in [0.5, 0.6) is 0 Å². The molecule has 0 aliphatic heterocycles. The van der Waals surface area contributed by atoms with Crippen molar-refractivity contribution in [2.45, 2.75) is 62.6 Å². The molecule has 0 aromatic heterocycles. The first-order valence-corrected chi connectivity index (χ1v) is 9.79. The maximum Gasteiger partial charge on any atom is 0.335 e. The van der Waals surface area contributed by atoms with E-state index in [2.05, 4.69) is 0 Å². The zero-order chi connectivity index (χ0) is 17.5. The summed E-state index contributed by atoms with van der Waals surface area (Å²) >= 11 is 0. The van der Waals surface area contributed by atoms with Crippen LogP contribution >= 0.6 is 0 Å². The van der Waals surface area contributed by atoms with Gasteiger partial charge in [0.15, 0.2) is 0 Å². The molecule has 1 aromatic rings. The van der Waals surface area contributed by atoms with Crippen molar-refractivity contribution < 1.29 is 23.6 Å². The second-order valence-electron chi connectivity index (χ2n) is 6.12. The maximum atomic E-state index is 12.5. The predicted octanol–water partition coefficient (Wildman–Crippen LogP) is 3.29. The summed E-state index contributed by atoms with van der Waals surface area (Å²) in [6.07, 6.45) is 5.56. The quantitative estimate of drug-likeness (QED) is 0.762. The third kappa shape index (κ3) is 5.16. The molecule has 0 bridgehead atoms. The van der Waals surface area contributed by atoms with E-state index in [0.717, 1.165) is 31.2 Å². The number of aromatic carboxylic acids is 1. The summed E-state index contributed by atoms with van der Waals surface area (Å²) in [5.74, 6) is -1.15. The number of rotatable bonds is 7. The monoisotopic (exact) mass is 352 g/mol. The van der Waals surface area contributed by atoms with Crippen LogP contribution in [-0.4, -0.2) is 32.6 Å². The molecule has 2 atom stereocenters. The SMILES string of the molecule is CCC(C(=O)OC1CCCCC1)S(=O)Cc1ccc(C(=O)O)cc1. The molecule has 0 spiro atoms. The topological polar surface area (TPSA) is 80.7 Å². The van der Waals surface area contributed by atoms with Gasteiger partial charge in [-0.2, -0.15) is 0 Å². The average molecular weight is 352 g/mol. The van der Waals surface area contributed by atoms with Crippen molar-refractivity contribution in [3.05, 3.63) is 35.4 Å². The first-order valence-electron chi connectivity index (χ1n) is 8.41. The lowest BCUT2D eigenvalue weighted by Gasteiger charge is -2.24. The Labute approximate surface area is 144 Å². The minimum absolute atomic E-state index is 0.0350. The van der Waals surface area contributed by atoms with E-state index in [1.807, 2.05) is 6.92 Å². The molecule has 0 radical (unpaired) electrons. The number of hydrogen-bond acceptors (Lipinski definition) is 4. The minimum Gasteiger partial charge on any atom is -0.478 e. The Hall–Kier alpha value is -1.69. The van der Waals surface area contributed by atoms with E-state index in [-0.39, 0.29) is 23.4 Å². The second-order valence-corrected chi connectivity index (χ2v) is 7.74. The van der Waals surface area contributed by atoms with Gasteiger partial charge in [-0.05, 0) is 49.8 Å². The Morgan fingerprint density at radius 2 is 1.83 bits per heavy atom. The van der Waals surface area contributed by atoms with Gasteiger partial charge in [0.2, 0.25) is 0 Å². The number of carbonyl (C=O) groups excluding carboxylic acids is 1. The van der Waals surface area contributed by atoms with Crippen molar-refractivity contribution in [1.82, 2.24) is 0 Å². The Balaban J connectivity index is 1.94. The molecule has 1 N–H and O–H groups in total. The average Bonchev–Trinajstić information content (AvgIpc) is 2.57. The molecular weight excluding hydrogens is 328 g/mol. The molecule has 1 aliphatic carbocycles. The van der Waals surface area contributed by atoms with E-state index < -0.39 is 22.0 Å². The highest BCUT2D eigenvalue weighted by molar-refractivity contribution is 7.85.